The van der Waals surface area contributed by atoms with Crippen molar-refractivity contribution in [1.29, 1.82) is 0 Å². The van der Waals surface area contributed by atoms with E-state index in [1.165, 1.54) is 0 Å². The Kier molecular flexibility index (Phi) is 3.33. The molecule has 0 radical (unpaired) electrons. The van der Waals surface area contributed by atoms with Crippen molar-refractivity contribution in [2.45, 2.75) is 26.8 Å². The molecule has 1 aromatic carbocycles. The van der Waals surface area contributed by atoms with E-state index in [2.05, 4.69) is 22.6 Å². The first-order valence-corrected chi connectivity index (χ1v) is 6.49. The number of nitrogens with two attached hydrogens (primary N) is 1. The first-order chi connectivity index (χ1) is 8.06. The Balaban J connectivity index is 2.12. The largest absolute Gasteiger partial charge is 0.398 e. The number of aryl methyl sites for hydroxylation is 2. The Bertz CT molecular complexity index is 519. The Morgan fingerprint density at radius 2 is 2.12 bits per heavy atom. The average molecular weight is 247 g/mol. The predicted octanol–water partition coefficient (Wildman–Crippen LogP) is 3.52. The smallest absolute Gasteiger partial charge is 0.115 e. The molecule has 0 amide bonds. The summed E-state index contributed by atoms with van der Waals surface area (Å²) in [6, 6.07) is 6.24. The summed E-state index contributed by atoms with van der Waals surface area (Å²) in [6.45, 7) is 6.12. The van der Waals surface area contributed by atoms with Gasteiger partial charge in [0.25, 0.3) is 0 Å². The molecule has 0 bridgehead atoms. The highest BCUT2D eigenvalue weighted by Gasteiger charge is 2.09. The molecule has 3 nitrogen and oxygen atoms in total. The van der Waals surface area contributed by atoms with Crippen LogP contribution in [0.4, 0.5) is 11.4 Å². The number of aromatic nitrogens is 1. The molecule has 0 aliphatic rings. The van der Waals surface area contributed by atoms with Crippen LogP contribution < -0.4 is 11.1 Å². The van der Waals surface area contributed by atoms with Crippen molar-refractivity contribution in [1.82, 2.24) is 4.98 Å². The van der Waals surface area contributed by atoms with Crippen molar-refractivity contribution in [3.63, 3.8) is 0 Å². The fourth-order valence-corrected chi connectivity index (χ4v) is 2.42. The van der Waals surface area contributed by atoms with Crippen molar-refractivity contribution >= 4 is 22.7 Å². The lowest BCUT2D eigenvalue weighted by molar-refractivity contribution is 0.864. The van der Waals surface area contributed by atoms with Gasteiger partial charge in [-0.2, -0.15) is 0 Å². The molecule has 1 heterocycles. The van der Waals surface area contributed by atoms with Crippen molar-refractivity contribution in [2.75, 3.05) is 11.1 Å². The number of hydrogen-bond acceptors (Lipinski definition) is 4. The Labute approximate surface area is 106 Å². The third-order valence-corrected chi connectivity index (χ3v) is 3.81. The third kappa shape index (κ3) is 2.77. The Morgan fingerprint density at radius 3 is 2.71 bits per heavy atom. The summed E-state index contributed by atoms with van der Waals surface area (Å²) in [5.74, 6) is 0. The maximum atomic E-state index is 5.89. The van der Waals surface area contributed by atoms with Crippen LogP contribution in [0.3, 0.4) is 0 Å². The predicted molar refractivity (Wildman–Crippen MR) is 74.5 cm³/mol. The van der Waals surface area contributed by atoms with Crippen LogP contribution in [0.5, 0.6) is 0 Å². The summed E-state index contributed by atoms with van der Waals surface area (Å²) < 4.78 is 0. The SMILES string of the molecule is Cc1csc(C(C)Nc2ccc(C)c(N)c2)n1. The number of thiazole rings is 1. The Morgan fingerprint density at radius 1 is 1.35 bits per heavy atom. The lowest BCUT2D eigenvalue weighted by Gasteiger charge is -2.13. The maximum absolute atomic E-state index is 5.89. The molecular weight excluding hydrogens is 230 g/mol. The molecule has 1 aromatic heterocycles. The minimum absolute atomic E-state index is 0.204. The molecule has 2 rings (SSSR count). The zero-order valence-electron chi connectivity index (χ0n) is 10.3. The van der Waals surface area contributed by atoms with Crippen LogP contribution in [0.2, 0.25) is 0 Å². The lowest BCUT2D eigenvalue weighted by atomic mass is 10.2. The summed E-state index contributed by atoms with van der Waals surface area (Å²) >= 11 is 1.68. The molecular formula is C13H17N3S. The molecule has 0 aliphatic carbocycles. The van der Waals surface area contributed by atoms with Gasteiger partial charge in [0.1, 0.15) is 5.01 Å². The molecule has 3 N–H and O–H groups in total. The summed E-state index contributed by atoms with van der Waals surface area (Å²) in [7, 11) is 0. The van der Waals surface area contributed by atoms with Gasteiger partial charge >= 0.3 is 0 Å². The monoisotopic (exact) mass is 247 g/mol. The third-order valence-electron chi connectivity index (χ3n) is 2.67. The zero-order chi connectivity index (χ0) is 12.4. The van der Waals surface area contributed by atoms with E-state index in [9.17, 15) is 0 Å². The molecule has 17 heavy (non-hydrogen) atoms. The highest BCUT2D eigenvalue weighted by Crippen LogP contribution is 2.24. The highest BCUT2D eigenvalue weighted by molar-refractivity contribution is 7.09. The van der Waals surface area contributed by atoms with Gasteiger partial charge in [-0.15, -0.1) is 11.3 Å². The molecule has 0 aliphatic heterocycles. The topological polar surface area (TPSA) is 50.9 Å². The van der Waals surface area contributed by atoms with Crippen molar-refractivity contribution in [2.24, 2.45) is 0 Å². The fraction of sp³-hybridized carbons (Fsp3) is 0.308. The zero-order valence-corrected chi connectivity index (χ0v) is 11.1. The molecule has 1 unspecified atom stereocenters. The number of nitrogens with one attached hydrogen (secondary N) is 1. The minimum Gasteiger partial charge on any atom is -0.398 e. The van der Waals surface area contributed by atoms with Crippen LogP contribution in [-0.4, -0.2) is 4.98 Å². The van der Waals surface area contributed by atoms with Gasteiger partial charge in [0.15, 0.2) is 0 Å². The second kappa shape index (κ2) is 4.75. The summed E-state index contributed by atoms with van der Waals surface area (Å²) in [6.07, 6.45) is 0. The van der Waals surface area contributed by atoms with Crippen molar-refractivity contribution < 1.29 is 0 Å². The van der Waals surface area contributed by atoms with Crippen LogP contribution >= 0.6 is 11.3 Å². The van der Waals surface area contributed by atoms with E-state index in [1.54, 1.807) is 11.3 Å². The van der Waals surface area contributed by atoms with E-state index in [0.29, 0.717) is 0 Å². The highest BCUT2D eigenvalue weighted by atomic mass is 32.1. The number of anilines is 2. The molecule has 4 heteroatoms. The van der Waals surface area contributed by atoms with E-state index in [-0.39, 0.29) is 6.04 Å². The molecule has 0 saturated carbocycles. The normalized spacial score (nSPS) is 12.4. The van der Waals surface area contributed by atoms with Crippen LogP contribution in [0, 0.1) is 13.8 Å². The second-order valence-electron chi connectivity index (χ2n) is 4.26. The average Bonchev–Trinajstić information content (AvgIpc) is 2.70. The number of nitrogen functional groups attached to an aromatic ring is 1. The minimum atomic E-state index is 0.204. The summed E-state index contributed by atoms with van der Waals surface area (Å²) in [4.78, 5) is 4.47. The van der Waals surface area contributed by atoms with Crippen LogP contribution in [-0.2, 0) is 0 Å². The number of nitrogens with zero attached hydrogens (tertiary/aromatic N) is 1. The number of benzene rings is 1. The van der Waals surface area contributed by atoms with Crippen LogP contribution in [0.25, 0.3) is 0 Å². The fourth-order valence-electron chi connectivity index (χ4n) is 1.61. The van der Waals surface area contributed by atoms with Gasteiger partial charge in [-0.05, 0) is 38.5 Å². The van der Waals surface area contributed by atoms with Crippen molar-refractivity contribution in [3.05, 3.63) is 39.8 Å². The Hall–Kier alpha value is -1.55. The van der Waals surface area contributed by atoms with Gasteiger partial charge in [0, 0.05) is 22.4 Å². The second-order valence-corrected chi connectivity index (χ2v) is 5.15. The van der Waals surface area contributed by atoms with Gasteiger partial charge in [0.05, 0.1) is 6.04 Å². The van der Waals surface area contributed by atoms with Gasteiger partial charge in [-0.1, -0.05) is 6.07 Å². The summed E-state index contributed by atoms with van der Waals surface area (Å²) in [5.41, 5.74) is 9.92. The molecule has 0 saturated heterocycles. The van der Waals surface area contributed by atoms with Crippen molar-refractivity contribution in [3.8, 4) is 0 Å². The molecule has 0 fully saturated rings. The molecule has 2 aromatic rings. The standard InChI is InChI=1S/C13H17N3S/c1-8-4-5-11(6-12(8)14)16-10(3)13-15-9(2)7-17-13/h4-7,10,16H,14H2,1-3H3. The lowest BCUT2D eigenvalue weighted by Crippen LogP contribution is -2.06. The van der Waals surface area contributed by atoms with E-state index in [4.69, 9.17) is 5.73 Å². The first-order valence-electron chi connectivity index (χ1n) is 5.61. The van der Waals surface area contributed by atoms with Gasteiger partial charge < -0.3 is 11.1 Å². The maximum Gasteiger partial charge on any atom is 0.115 e. The van der Waals surface area contributed by atoms with Gasteiger partial charge in [-0.25, -0.2) is 4.98 Å². The van der Waals surface area contributed by atoms with E-state index >= 15 is 0 Å². The molecule has 0 spiro atoms. The molecule has 90 valence electrons. The van der Waals surface area contributed by atoms with Gasteiger partial charge in [0.2, 0.25) is 0 Å². The number of rotatable bonds is 3. The summed E-state index contributed by atoms with van der Waals surface area (Å²) in [5, 5.41) is 6.57. The van der Waals surface area contributed by atoms with Crippen LogP contribution in [0.1, 0.15) is 29.2 Å². The van der Waals surface area contributed by atoms with Gasteiger partial charge in [-0.3, -0.25) is 0 Å². The van der Waals surface area contributed by atoms with Crippen LogP contribution in [0.15, 0.2) is 23.6 Å². The number of hydrogen-bond donors (Lipinski definition) is 2. The van der Waals surface area contributed by atoms with E-state index in [1.807, 2.05) is 32.0 Å². The quantitative estimate of drug-likeness (QED) is 0.816. The van der Waals surface area contributed by atoms with E-state index in [0.717, 1.165) is 27.6 Å². The first kappa shape index (κ1) is 11.9. The molecule has 1 atom stereocenters. The van der Waals surface area contributed by atoms with E-state index < -0.39 is 0 Å².